The van der Waals surface area contributed by atoms with E-state index in [2.05, 4.69) is 20.8 Å². The van der Waals surface area contributed by atoms with Gasteiger partial charge in [0, 0.05) is 12.6 Å². The molecule has 1 aliphatic heterocycles. The zero-order valence-electron chi connectivity index (χ0n) is 8.79. The highest BCUT2D eigenvalue weighted by molar-refractivity contribution is 5.43. The smallest absolute Gasteiger partial charge is 0.243 e. The van der Waals surface area contributed by atoms with E-state index in [1.165, 1.54) is 0 Å². The van der Waals surface area contributed by atoms with Gasteiger partial charge in [-0.3, -0.25) is 0 Å². The van der Waals surface area contributed by atoms with E-state index in [1.54, 1.807) is 11.7 Å². The molecule has 1 aromatic carbocycles. The maximum atomic E-state index is 5.56. The molecule has 16 heavy (non-hydrogen) atoms. The summed E-state index contributed by atoms with van der Waals surface area (Å²) in [6.07, 6.45) is 0. The molecule has 0 amide bonds. The number of rotatable bonds is 2. The maximum absolute atomic E-state index is 5.56. The minimum Gasteiger partial charge on any atom is -0.491 e. The number of nitrogens with zero attached hydrogens (tertiary/aromatic N) is 4. The van der Waals surface area contributed by atoms with Crippen molar-refractivity contribution < 1.29 is 4.74 Å². The second kappa shape index (κ2) is 3.48. The molecule has 1 aliphatic rings. The van der Waals surface area contributed by atoms with Crippen LogP contribution < -0.4 is 10.1 Å². The average Bonchev–Trinajstić information content (AvgIpc) is 2.88. The lowest BCUT2D eigenvalue weighted by molar-refractivity contribution is 0.339. The van der Waals surface area contributed by atoms with E-state index in [9.17, 15) is 0 Å². The van der Waals surface area contributed by atoms with Crippen molar-refractivity contribution >= 4 is 5.95 Å². The Labute approximate surface area is 92.2 Å². The quantitative estimate of drug-likeness (QED) is 0.804. The van der Waals surface area contributed by atoms with Crippen molar-refractivity contribution in [1.82, 2.24) is 20.2 Å². The molecule has 1 atom stereocenters. The second-order valence-corrected chi connectivity index (χ2v) is 3.67. The summed E-state index contributed by atoms with van der Waals surface area (Å²) in [5, 5.41) is 14.5. The van der Waals surface area contributed by atoms with Gasteiger partial charge in [0.15, 0.2) is 0 Å². The molecule has 3 rings (SSSR count). The molecule has 2 aromatic rings. The van der Waals surface area contributed by atoms with Crippen molar-refractivity contribution in [3.63, 3.8) is 0 Å². The first-order valence-electron chi connectivity index (χ1n) is 5.05. The monoisotopic (exact) mass is 217 g/mol. The summed E-state index contributed by atoms with van der Waals surface area (Å²) in [5.41, 5.74) is 1.14. The van der Waals surface area contributed by atoms with Crippen molar-refractivity contribution in [2.75, 3.05) is 11.9 Å². The number of anilines is 1. The average molecular weight is 217 g/mol. The van der Waals surface area contributed by atoms with E-state index in [4.69, 9.17) is 4.74 Å². The number of hydrogen-bond acceptors (Lipinski definition) is 5. The van der Waals surface area contributed by atoms with Crippen LogP contribution in [0.15, 0.2) is 24.3 Å². The third-order valence-electron chi connectivity index (χ3n) is 2.62. The Hall–Kier alpha value is -2.11. The van der Waals surface area contributed by atoms with E-state index in [0.29, 0.717) is 12.6 Å². The van der Waals surface area contributed by atoms with Crippen LogP contribution in [-0.4, -0.2) is 26.8 Å². The number of para-hydroxylation sites is 1. The van der Waals surface area contributed by atoms with Crippen LogP contribution in [0.3, 0.4) is 0 Å². The summed E-state index contributed by atoms with van der Waals surface area (Å²) in [6, 6.07) is 8.08. The van der Waals surface area contributed by atoms with Gasteiger partial charge in [-0.2, -0.15) is 0 Å². The molecule has 0 bridgehead atoms. The van der Waals surface area contributed by atoms with Crippen LogP contribution in [0.25, 0.3) is 0 Å². The van der Waals surface area contributed by atoms with Crippen molar-refractivity contribution in [1.29, 1.82) is 0 Å². The lowest BCUT2D eigenvalue weighted by atomic mass is 10.1. The van der Waals surface area contributed by atoms with Crippen LogP contribution in [-0.2, 0) is 7.05 Å². The standard InChI is InChI=1S/C10H11N5O/c1-15-10(12-13-14-15)11-8-6-16-9-5-3-2-4-7(8)9/h2-5,8H,6H2,1H3,(H,11,12,14). The molecule has 2 heterocycles. The van der Waals surface area contributed by atoms with Gasteiger partial charge in [-0.05, 0) is 16.5 Å². The minimum absolute atomic E-state index is 0.112. The van der Waals surface area contributed by atoms with Gasteiger partial charge in [-0.1, -0.05) is 23.3 Å². The van der Waals surface area contributed by atoms with Crippen molar-refractivity contribution in [2.24, 2.45) is 7.05 Å². The SMILES string of the molecule is Cn1nnnc1NC1COc2ccccc21. The Morgan fingerprint density at radius 1 is 1.44 bits per heavy atom. The van der Waals surface area contributed by atoms with Gasteiger partial charge in [0.25, 0.3) is 0 Å². The predicted octanol–water partition coefficient (Wildman–Crippen LogP) is 0.756. The van der Waals surface area contributed by atoms with Crippen LogP contribution in [0.5, 0.6) is 5.75 Å². The summed E-state index contributed by atoms with van der Waals surface area (Å²) in [4.78, 5) is 0. The number of fused-ring (bicyclic) bond motifs is 1. The molecule has 82 valence electrons. The fourth-order valence-electron chi connectivity index (χ4n) is 1.79. The van der Waals surface area contributed by atoms with Crippen LogP contribution in [0, 0.1) is 0 Å². The summed E-state index contributed by atoms with van der Waals surface area (Å²) in [7, 11) is 1.80. The Morgan fingerprint density at radius 2 is 2.31 bits per heavy atom. The molecular weight excluding hydrogens is 206 g/mol. The number of tetrazole rings is 1. The van der Waals surface area contributed by atoms with Crippen molar-refractivity contribution in [2.45, 2.75) is 6.04 Å². The van der Waals surface area contributed by atoms with Crippen LogP contribution in [0.1, 0.15) is 11.6 Å². The molecule has 0 fully saturated rings. The number of aryl methyl sites for hydroxylation is 1. The summed E-state index contributed by atoms with van der Waals surface area (Å²) in [5.74, 6) is 1.57. The lowest BCUT2D eigenvalue weighted by Crippen LogP contribution is -2.15. The first kappa shape index (κ1) is 9.14. The van der Waals surface area contributed by atoms with E-state index in [1.807, 2.05) is 24.3 Å². The van der Waals surface area contributed by atoms with Crippen molar-refractivity contribution in [3.05, 3.63) is 29.8 Å². The van der Waals surface area contributed by atoms with Crippen LogP contribution in [0.4, 0.5) is 5.95 Å². The molecule has 1 aromatic heterocycles. The van der Waals surface area contributed by atoms with E-state index < -0.39 is 0 Å². The summed E-state index contributed by atoms with van der Waals surface area (Å²) < 4.78 is 7.16. The molecule has 0 spiro atoms. The van der Waals surface area contributed by atoms with E-state index in [-0.39, 0.29) is 6.04 Å². The van der Waals surface area contributed by atoms with Crippen LogP contribution in [0.2, 0.25) is 0 Å². The lowest BCUT2D eigenvalue weighted by Gasteiger charge is -2.10. The Morgan fingerprint density at radius 3 is 3.12 bits per heavy atom. The summed E-state index contributed by atoms with van der Waals surface area (Å²) >= 11 is 0. The first-order chi connectivity index (χ1) is 7.84. The number of benzene rings is 1. The minimum atomic E-state index is 0.112. The molecule has 0 aliphatic carbocycles. The number of hydrogen-bond donors (Lipinski definition) is 1. The second-order valence-electron chi connectivity index (χ2n) is 3.67. The highest BCUT2D eigenvalue weighted by atomic mass is 16.5. The zero-order valence-corrected chi connectivity index (χ0v) is 8.79. The van der Waals surface area contributed by atoms with E-state index >= 15 is 0 Å². The van der Waals surface area contributed by atoms with Crippen LogP contribution >= 0.6 is 0 Å². The molecule has 1 unspecified atom stereocenters. The number of nitrogens with one attached hydrogen (secondary N) is 1. The molecule has 6 nitrogen and oxygen atoms in total. The molecule has 0 radical (unpaired) electrons. The Bertz CT molecular complexity index is 509. The highest BCUT2D eigenvalue weighted by Gasteiger charge is 2.24. The molecule has 0 saturated carbocycles. The Balaban J connectivity index is 1.86. The fraction of sp³-hybridized carbons (Fsp3) is 0.300. The third-order valence-corrected chi connectivity index (χ3v) is 2.62. The first-order valence-corrected chi connectivity index (χ1v) is 5.05. The molecule has 6 heteroatoms. The Kier molecular flexibility index (Phi) is 1.99. The van der Waals surface area contributed by atoms with Gasteiger partial charge < -0.3 is 10.1 Å². The molecular formula is C10H11N5O. The van der Waals surface area contributed by atoms with Crippen molar-refractivity contribution in [3.8, 4) is 5.75 Å². The van der Waals surface area contributed by atoms with Gasteiger partial charge in [0.1, 0.15) is 12.4 Å². The highest BCUT2D eigenvalue weighted by Crippen LogP contribution is 2.33. The van der Waals surface area contributed by atoms with Gasteiger partial charge in [-0.15, -0.1) is 0 Å². The third kappa shape index (κ3) is 1.39. The van der Waals surface area contributed by atoms with Gasteiger partial charge >= 0.3 is 0 Å². The van der Waals surface area contributed by atoms with E-state index in [0.717, 1.165) is 11.3 Å². The topological polar surface area (TPSA) is 64.9 Å². The number of aromatic nitrogens is 4. The van der Waals surface area contributed by atoms with Gasteiger partial charge in [0.05, 0.1) is 6.04 Å². The maximum Gasteiger partial charge on any atom is 0.243 e. The summed E-state index contributed by atoms with van der Waals surface area (Å²) in [6.45, 7) is 0.603. The van der Waals surface area contributed by atoms with Gasteiger partial charge in [-0.25, -0.2) is 4.68 Å². The largest absolute Gasteiger partial charge is 0.491 e. The molecule has 0 saturated heterocycles. The predicted molar refractivity (Wildman–Crippen MR) is 57.1 cm³/mol. The fourth-order valence-corrected chi connectivity index (χ4v) is 1.79. The zero-order chi connectivity index (χ0) is 11.0. The molecule has 1 N–H and O–H groups in total. The number of ether oxygens (including phenoxy) is 1. The van der Waals surface area contributed by atoms with Gasteiger partial charge in [0.2, 0.25) is 5.95 Å². The normalized spacial score (nSPS) is 17.9.